The fourth-order valence-electron chi connectivity index (χ4n) is 3.28. The molecule has 1 N–H and O–H groups in total. The Morgan fingerprint density at radius 1 is 1.00 bits per heavy atom. The third kappa shape index (κ3) is 5.78. The topological polar surface area (TPSA) is 145 Å². The number of esters is 1. The SMILES string of the molecule is COC(=O)c1ccc(NC(=O)CN(c2ccc(OC)cc2)S(=O)(=O)c2ccc(C)c([N+](=O)[O-])c2)cc1. The Morgan fingerprint density at radius 3 is 2.19 bits per heavy atom. The second-order valence-electron chi connectivity index (χ2n) is 7.53. The van der Waals surface area contributed by atoms with E-state index >= 15 is 0 Å². The first-order chi connectivity index (χ1) is 17.1. The molecule has 12 heteroatoms. The molecule has 3 aromatic carbocycles. The summed E-state index contributed by atoms with van der Waals surface area (Å²) in [5.41, 5.74) is 0.684. The normalized spacial score (nSPS) is 10.9. The Balaban J connectivity index is 1.95. The van der Waals surface area contributed by atoms with Crippen LogP contribution in [0.1, 0.15) is 15.9 Å². The standard InChI is InChI=1S/C24H23N3O8S/c1-16-4-13-21(14-22(16)27(30)31)36(32,33)26(19-9-11-20(34-2)12-10-19)15-23(28)25-18-7-5-17(6-8-18)24(29)35-3/h4-14H,15H2,1-3H3,(H,25,28). The monoisotopic (exact) mass is 513 g/mol. The van der Waals surface area contributed by atoms with E-state index < -0.39 is 33.4 Å². The number of nitrogens with zero attached hydrogens (tertiary/aromatic N) is 2. The highest BCUT2D eigenvalue weighted by Gasteiger charge is 2.29. The molecule has 0 atom stereocenters. The molecule has 0 bridgehead atoms. The smallest absolute Gasteiger partial charge is 0.337 e. The lowest BCUT2D eigenvalue weighted by atomic mass is 10.2. The number of carbonyl (C=O) groups is 2. The second-order valence-corrected chi connectivity index (χ2v) is 9.39. The summed E-state index contributed by atoms with van der Waals surface area (Å²) in [6.07, 6.45) is 0. The molecule has 0 fully saturated rings. The predicted molar refractivity (Wildman–Crippen MR) is 132 cm³/mol. The quantitative estimate of drug-likeness (QED) is 0.260. The molecule has 0 radical (unpaired) electrons. The fourth-order valence-corrected chi connectivity index (χ4v) is 4.72. The number of sulfonamides is 1. The lowest BCUT2D eigenvalue weighted by molar-refractivity contribution is -0.385. The molecule has 0 heterocycles. The van der Waals surface area contributed by atoms with Crippen LogP contribution in [0.4, 0.5) is 17.1 Å². The Kier molecular flexibility index (Phi) is 7.90. The van der Waals surface area contributed by atoms with Crippen molar-refractivity contribution in [3.8, 4) is 5.75 Å². The second kappa shape index (κ2) is 10.9. The summed E-state index contributed by atoms with van der Waals surface area (Å²) in [7, 11) is -1.69. The van der Waals surface area contributed by atoms with Gasteiger partial charge in [0.2, 0.25) is 5.91 Å². The highest BCUT2D eigenvalue weighted by atomic mass is 32.2. The zero-order valence-electron chi connectivity index (χ0n) is 19.6. The Morgan fingerprint density at radius 2 is 1.64 bits per heavy atom. The largest absolute Gasteiger partial charge is 0.497 e. The predicted octanol–water partition coefficient (Wildman–Crippen LogP) is 3.53. The molecule has 36 heavy (non-hydrogen) atoms. The minimum absolute atomic E-state index is 0.148. The molecule has 0 saturated carbocycles. The molecule has 3 rings (SSSR count). The summed E-state index contributed by atoms with van der Waals surface area (Å²) in [6.45, 7) is 0.865. The number of nitrogens with one attached hydrogen (secondary N) is 1. The van der Waals surface area contributed by atoms with Crippen LogP contribution in [-0.4, -0.2) is 46.0 Å². The Bertz CT molecular complexity index is 1390. The first kappa shape index (κ1) is 26.2. The number of carbonyl (C=O) groups excluding carboxylic acids is 2. The molecule has 0 aliphatic rings. The van der Waals surface area contributed by atoms with E-state index in [0.29, 0.717) is 17.0 Å². The van der Waals surface area contributed by atoms with Gasteiger partial charge in [-0.1, -0.05) is 6.07 Å². The van der Waals surface area contributed by atoms with E-state index in [1.807, 2.05) is 0 Å². The summed E-state index contributed by atoms with van der Waals surface area (Å²) in [4.78, 5) is 34.8. The third-order valence-electron chi connectivity index (χ3n) is 5.20. The van der Waals surface area contributed by atoms with E-state index in [2.05, 4.69) is 10.1 Å². The molecule has 188 valence electrons. The van der Waals surface area contributed by atoms with Gasteiger partial charge >= 0.3 is 5.97 Å². The molecule has 0 aromatic heterocycles. The Labute approximate surface area is 207 Å². The van der Waals surface area contributed by atoms with Crippen LogP contribution < -0.4 is 14.4 Å². The van der Waals surface area contributed by atoms with Crippen LogP contribution in [0.2, 0.25) is 0 Å². The summed E-state index contributed by atoms with van der Waals surface area (Å²) < 4.78 is 37.7. The number of nitro benzene ring substituents is 1. The maximum Gasteiger partial charge on any atom is 0.337 e. The minimum atomic E-state index is -4.39. The van der Waals surface area contributed by atoms with Gasteiger partial charge in [-0.2, -0.15) is 0 Å². The van der Waals surface area contributed by atoms with Gasteiger partial charge in [-0.05, 0) is 61.5 Å². The number of hydrogen-bond acceptors (Lipinski definition) is 8. The number of ether oxygens (including phenoxy) is 2. The van der Waals surface area contributed by atoms with Gasteiger partial charge in [0.15, 0.2) is 0 Å². The molecule has 0 aliphatic heterocycles. The van der Waals surface area contributed by atoms with Crippen molar-refractivity contribution in [2.24, 2.45) is 0 Å². The van der Waals surface area contributed by atoms with Crippen molar-refractivity contribution in [1.29, 1.82) is 0 Å². The first-order valence-electron chi connectivity index (χ1n) is 10.5. The summed E-state index contributed by atoms with van der Waals surface area (Å²) in [5, 5.41) is 13.9. The van der Waals surface area contributed by atoms with E-state index in [1.54, 1.807) is 0 Å². The van der Waals surface area contributed by atoms with Crippen LogP contribution in [0, 0.1) is 17.0 Å². The van der Waals surface area contributed by atoms with Crippen LogP contribution in [-0.2, 0) is 19.6 Å². The lowest BCUT2D eigenvalue weighted by Crippen LogP contribution is -2.38. The number of methoxy groups -OCH3 is 2. The van der Waals surface area contributed by atoms with E-state index in [0.717, 1.165) is 10.4 Å². The number of hydrogen-bond donors (Lipinski definition) is 1. The van der Waals surface area contributed by atoms with Gasteiger partial charge in [-0.25, -0.2) is 13.2 Å². The molecular formula is C24H23N3O8S. The average Bonchev–Trinajstić information content (AvgIpc) is 2.87. The molecule has 0 saturated heterocycles. The maximum absolute atomic E-state index is 13.6. The third-order valence-corrected chi connectivity index (χ3v) is 6.97. The van der Waals surface area contributed by atoms with Crippen LogP contribution in [0.5, 0.6) is 5.75 Å². The number of anilines is 2. The molecule has 1 amide bonds. The number of amides is 1. The molecule has 0 spiro atoms. The van der Waals surface area contributed by atoms with Gasteiger partial charge in [0.05, 0.1) is 35.3 Å². The minimum Gasteiger partial charge on any atom is -0.497 e. The van der Waals surface area contributed by atoms with Gasteiger partial charge in [0, 0.05) is 17.3 Å². The Hall–Kier alpha value is -4.45. The van der Waals surface area contributed by atoms with Crippen molar-refractivity contribution in [3.63, 3.8) is 0 Å². The molecule has 0 unspecified atom stereocenters. The number of nitro groups is 1. The van der Waals surface area contributed by atoms with Crippen molar-refractivity contribution >= 4 is 39.0 Å². The first-order valence-corrected chi connectivity index (χ1v) is 11.9. The van der Waals surface area contributed by atoms with Crippen molar-refractivity contribution in [3.05, 3.63) is 88.0 Å². The molecule has 3 aromatic rings. The van der Waals surface area contributed by atoms with Crippen LogP contribution in [0.25, 0.3) is 0 Å². The van der Waals surface area contributed by atoms with Gasteiger partial charge in [-0.15, -0.1) is 0 Å². The van der Waals surface area contributed by atoms with Crippen LogP contribution in [0.15, 0.2) is 71.6 Å². The zero-order chi connectivity index (χ0) is 26.5. The summed E-state index contributed by atoms with van der Waals surface area (Å²) >= 11 is 0. The van der Waals surface area contributed by atoms with Crippen LogP contribution in [0.3, 0.4) is 0 Å². The highest BCUT2D eigenvalue weighted by molar-refractivity contribution is 7.92. The zero-order valence-corrected chi connectivity index (χ0v) is 20.4. The molecule has 0 aliphatic carbocycles. The van der Waals surface area contributed by atoms with E-state index in [-0.39, 0.29) is 21.8 Å². The van der Waals surface area contributed by atoms with Gasteiger partial charge < -0.3 is 14.8 Å². The van der Waals surface area contributed by atoms with E-state index in [4.69, 9.17) is 4.74 Å². The van der Waals surface area contributed by atoms with Crippen molar-refractivity contribution in [1.82, 2.24) is 0 Å². The number of rotatable bonds is 9. The average molecular weight is 514 g/mol. The van der Waals surface area contributed by atoms with Crippen molar-refractivity contribution in [2.45, 2.75) is 11.8 Å². The molecular weight excluding hydrogens is 490 g/mol. The summed E-state index contributed by atoms with van der Waals surface area (Å²) in [5.74, 6) is -0.754. The van der Waals surface area contributed by atoms with Crippen LogP contribution >= 0.6 is 0 Å². The van der Waals surface area contributed by atoms with Gasteiger partial charge in [-0.3, -0.25) is 19.2 Å². The highest BCUT2D eigenvalue weighted by Crippen LogP contribution is 2.29. The van der Waals surface area contributed by atoms with Crippen molar-refractivity contribution in [2.75, 3.05) is 30.4 Å². The fraction of sp³-hybridized carbons (Fsp3) is 0.167. The number of aryl methyl sites for hydroxylation is 1. The van der Waals surface area contributed by atoms with E-state index in [1.165, 1.54) is 81.8 Å². The van der Waals surface area contributed by atoms with Gasteiger partial charge in [0.1, 0.15) is 12.3 Å². The molecule has 11 nitrogen and oxygen atoms in total. The summed E-state index contributed by atoms with van der Waals surface area (Å²) in [6, 6.07) is 15.4. The maximum atomic E-state index is 13.6. The van der Waals surface area contributed by atoms with E-state index in [9.17, 15) is 28.1 Å². The van der Waals surface area contributed by atoms with Gasteiger partial charge in [0.25, 0.3) is 15.7 Å². The number of benzene rings is 3. The van der Waals surface area contributed by atoms with Crippen molar-refractivity contribution < 1.29 is 32.4 Å². The lowest BCUT2D eigenvalue weighted by Gasteiger charge is -2.24.